The molecule has 3 aromatic rings. The molecule has 1 aromatic heterocycles. The second-order valence-electron chi connectivity index (χ2n) is 9.88. The summed E-state index contributed by atoms with van der Waals surface area (Å²) >= 11 is 0. The van der Waals surface area contributed by atoms with Crippen LogP contribution in [0.15, 0.2) is 48.5 Å². The molecule has 10 nitrogen and oxygen atoms in total. The number of aromatic amines is 1. The van der Waals surface area contributed by atoms with Crippen molar-refractivity contribution in [1.29, 1.82) is 0 Å². The minimum absolute atomic E-state index is 0.0987. The molecule has 6 N–H and O–H groups in total. The van der Waals surface area contributed by atoms with Crippen molar-refractivity contribution < 1.29 is 24.6 Å². The Morgan fingerprint density at radius 1 is 1.05 bits per heavy atom. The van der Waals surface area contributed by atoms with E-state index in [9.17, 15) is 19.5 Å². The Morgan fingerprint density at radius 3 is 2.46 bits per heavy atom. The van der Waals surface area contributed by atoms with Crippen molar-refractivity contribution in [3.63, 3.8) is 0 Å². The lowest BCUT2D eigenvalue weighted by atomic mass is 9.97. The Bertz CT molecular complexity index is 1440. The summed E-state index contributed by atoms with van der Waals surface area (Å²) in [4.78, 5) is 44.4. The van der Waals surface area contributed by atoms with Crippen LogP contribution in [0.2, 0.25) is 0 Å². The summed E-state index contributed by atoms with van der Waals surface area (Å²) < 4.78 is 0. The van der Waals surface area contributed by atoms with Gasteiger partial charge in [-0.25, -0.2) is 0 Å². The van der Waals surface area contributed by atoms with Gasteiger partial charge in [0.05, 0.1) is 23.8 Å². The zero-order chi connectivity index (χ0) is 29.5. The number of carbonyl (C=O) groups is 3. The maximum atomic E-state index is 13.5. The molecular formula is C31H37N5O5. The molecule has 2 heterocycles. The summed E-state index contributed by atoms with van der Waals surface area (Å²) in [5, 5.41) is 27.9. The number of fused-ring (bicyclic) bond motifs is 1. The summed E-state index contributed by atoms with van der Waals surface area (Å²) in [7, 11) is 0. The van der Waals surface area contributed by atoms with Crippen LogP contribution in [0.5, 0.6) is 0 Å². The van der Waals surface area contributed by atoms with E-state index in [4.69, 9.17) is 5.11 Å². The lowest BCUT2D eigenvalue weighted by Gasteiger charge is -2.22. The number of amides is 3. The number of nitrogens with zero attached hydrogens (tertiary/aromatic N) is 1. The monoisotopic (exact) mass is 559 g/mol. The van der Waals surface area contributed by atoms with Crippen molar-refractivity contribution in [2.75, 3.05) is 44.6 Å². The molecular weight excluding hydrogens is 522 g/mol. The molecule has 216 valence electrons. The Hall–Kier alpha value is -4.25. The van der Waals surface area contributed by atoms with Gasteiger partial charge >= 0.3 is 0 Å². The van der Waals surface area contributed by atoms with E-state index in [0.717, 1.165) is 18.7 Å². The Labute approximate surface area is 239 Å². The highest BCUT2D eigenvalue weighted by atomic mass is 16.3. The minimum atomic E-state index is -0.720. The van der Waals surface area contributed by atoms with Gasteiger partial charge < -0.3 is 36.0 Å². The van der Waals surface area contributed by atoms with Crippen LogP contribution in [0.4, 0.5) is 5.69 Å². The maximum absolute atomic E-state index is 13.5. The molecule has 1 aliphatic heterocycles. The van der Waals surface area contributed by atoms with Crippen molar-refractivity contribution in [3.05, 3.63) is 76.6 Å². The van der Waals surface area contributed by atoms with E-state index < -0.39 is 6.10 Å². The quantitative estimate of drug-likeness (QED) is 0.188. The number of aryl methyl sites for hydroxylation is 1. The number of anilines is 1. The summed E-state index contributed by atoms with van der Waals surface area (Å²) in [5.74, 6) is -1.02. The first-order chi connectivity index (χ1) is 19.8. The molecule has 41 heavy (non-hydrogen) atoms. The number of benzene rings is 2. The zero-order valence-electron chi connectivity index (χ0n) is 23.6. The molecule has 1 unspecified atom stereocenters. The van der Waals surface area contributed by atoms with Gasteiger partial charge in [0.15, 0.2) is 0 Å². The van der Waals surface area contributed by atoms with E-state index in [-0.39, 0.29) is 37.4 Å². The van der Waals surface area contributed by atoms with E-state index in [1.165, 1.54) is 0 Å². The Morgan fingerprint density at radius 2 is 1.78 bits per heavy atom. The average molecular weight is 560 g/mol. The van der Waals surface area contributed by atoms with Crippen molar-refractivity contribution in [2.45, 2.75) is 26.9 Å². The van der Waals surface area contributed by atoms with E-state index >= 15 is 0 Å². The smallest absolute Gasteiger partial charge is 0.256 e. The van der Waals surface area contributed by atoms with Crippen LogP contribution in [0.25, 0.3) is 22.8 Å². The third-order valence-corrected chi connectivity index (χ3v) is 7.12. The van der Waals surface area contributed by atoms with E-state index in [0.29, 0.717) is 51.4 Å². The lowest BCUT2D eigenvalue weighted by molar-refractivity contribution is -0.110. The largest absolute Gasteiger partial charge is 0.395 e. The first kappa shape index (κ1) is 29.7. The molecule has 0 saturated heterocycles. The van der Waals surface area contributed by atoms with Crippen LogP contribution in [0.3, 0.4) is 0 Å². The molecule has 1 atom stereocenters. The maximum Gasteiger partial charge on any atom is 0.256 e. The van der Waals surface area contributed by atoms with Crippen LogP contribution in [-0.2, 0) is 4.79 Å². The number of aliphatic hydroxyl groups excluding tert-OH is 2. The molecule has 0 fully saturated rings. The predicted octanol–water partition coefficient (Wildman–Crippen LogP) is 2.64. The van der Waals surface area contributed by atoms with Crippen molar-refractivity contribution in [2.24, 2.45) is 0 Å². The molecule has 3 amide bonds. The fourth-order valence-electron chi connectivity index (χ4n) is 4.98. The Kier molecular flexibility index (Phi) is 9.72. The second kappa shape index (κ2) is 13.4. The number of nitrogens with one attached hydrogen (secondary N) is 4. The van der Waals surface area contributed by atoms with Crippen LogP contribution in [-0.4, -0.2) is 83.3 Å². The summed E-state index contributed by atoms with van der Waals surface area (Å²) in [6.07, 6.45) is 0.972. The van der Waals surface area contributed by atoms with Gasteiger partial charge in [0.1, 0.15) is 0 Å². The van der Waals surface area contributed by atoms with Crippen LogP contribution < -0.4 is 16.0 Å². The van der Waals surface area contributed by atoms with Gasteiger partial charge in [0, 0.05) is 53.4 Å². The molecule has 2 aromatic carbocycles. The summed E-state index contributed by atoms with van der Waals surface area (Å²) in [6.45, 7) is 7.95. The summed E-state index contributed by atoms with van der Waals surface area (Å²) in [6, 6.07) is 14.3. The number of rotatable bonds is 12. The zero-order valence-corrected chi connectivity index (χ0v) is 23.6. The minimum Gasteiger partial charge on any atom is -0.395 e. The highest BCUT2D eigenvalue weighted by molar-refractivity contribution is 6.35. The predicted molar refractivity (Wildman–Crippen MR) is 159 cm³/mol. The van der Waals surface area contributed by atoms with E-state index in [1.807, 2.05) is 44.2 Å². The SMILES string of the molecule is CCN(CC)CC(O)CNC(=O)c1c(C)[nH]c(/C=C2\C(=O)Nc3ccc(C(=O)NCCO)cc32)c1-c1ccccc1. The highest BCUT2D eigenvalue weighted by Gasteiger charge is 2.28. The van der Waals surface area contributed by atoms with Gasteiger partial charge in [-0.15, -0.1) is 0 Å². The van der Waals surface area contributed by atoms with Crippen molar-refractivity contribution >= 4 is 35.1 Å². The highest BCUT2D eigenvalue weighted by Crippen LogP contribution is 2.37. The molecule has 1 aliphatic rings. The fraction of sp³-hybridized carbons (Fsp3) is 0.323. The van der Waals surface area contributed by atoms with E-state index in [1.54, 1.807) is 31.2 Å². The molecule has 0 bridgehead atoms. The lowest BCUT2D eigenvalue weighted by Crippen LogP contribution is -2.40. The molecule has 10 heteroatoms. The summed E-state index contributed by atoms with van der Waals surface area (Å²) in [5.41, 5.74) is 4.85. The van der Waals surface area contributed by atoms with Crippen LogP contribution >= 0.6 is 0 Å². The Balaban J connectivity index is 1.71. The number of H-pyrrole nitrogens is 1. The first-order valence-corrected chi connectivity index (χ1v) is 13.8. The molecule has 0 spiro atoms. The van der Waals surface area contributed by atoms with Gasteiger partial charge in [0.2, 0.25) is 0 Å². The van der Waals surface area contributed by atoms with Gasteiger partial charge in [-0.1, -0.05) is 44.2 Å². The molecule has 0 saturated carbocycles. The number of hydrogen-bond acceptors (Lipinski definition) is 6. The standard InChI is InChI=1S/C31H37N5O5/c1-4-36(5-2)18-22(38)17-33-31(41)27-19(3)34-26(28(27)20-9-7-6-8-10-20)16-24-23-15-21(29(39)32-13-14-37)11-12-25(23)35-30(24)40/h6-12,15-16,22,34,37-38H,4-5,13-14,17-18H2,1-3H3,(H,32,39)(H,33,41)(H,35,40)/b24-16-. The van der Waals surface area contributed by atoms with Crippen molar-refractivity contribution in [3.8, 4) is 11.1 Å². The van der Waals surface area contributed by atoms with Gasteiger partial charge in [0.25, 0.3) is 17.7 Å². The molecule has 0 radical (unpaired) electrons. The number of likely N-dealkylation sites (N-methyl/N-ethyl adjacent to an activating group) is 1. The first-order valence-electron chi connectivity index (χ1n) is 13.8. The van der Waals surface area contributed by atoms with Crippen LogP contribution in [0.1, 0.15) is 51.5 Å². The molecule has 4 rings (SSSR count). The second-order valence-corrected chi connectivity index (χ2v) is 9.88. The number of hydrogen-bond donors (Lipinski definition) is 6. The normalized spacial score (nSPS) is 14.2. The third-order valence-electron chi connectivity index (χ3n) is 7.12. The molecule has 0 aliphatic carbocycles. The number of aromatic nitrogens is 1. The average Bonchev–Trinajstić information content (AvgIpc) is 3.48. The van der Waals surface area contributed by atoms with Crippen LogP contribution in [0, 0.1) is 6.92 Å². The van der Waals surface area contributed by atoms with Gasteiger partial charge in [-0.05, 0) is 49.9 Å². The van der Waals surface area contributed by atoms with Crippen molar-refractivity contribution in [1.82, 2.24) is 20.5 Å². The third kappa shape index (κ3) is 6.74. The topological polar surface area (TPSA) is 147 Å². The fourth-order valence-corrected chi connectivity index (χ4v) is 4.98. The number of carbonyl (C=O) groups excluding carboxylic acids is 3. The van der Waals surface area contributed by atoms with E-state index in [2.05, 4.69) is 25.8 Å². The van der Waals surface area contributed by atoms with Gasteiger partial charge in [-0.3, -0.25) is 14.4 Å². The number of aliphatic hydroxyl groups is 2. The van der Waals surface area contributed by atoms with Gasteiger partial charge in [-0.2, -0.15) is 0 Å².